The summed E-state index contributed by atoms with van der Waals surface area (Å²) in [7, 11) is -3.88. The van der Waals surface area contributed by atoms with Gasteiger partial charge in [-0.25, -0.2) is 12.8 Å². The molecule has 2 aliphatic heterocycles. The van der Waals surface area contributed by atoms with E-state index in [-0.39, 0.29) is 52.5 Å². The van der Waals surface area contributed by atoms with Gasteiger partial charge in [-0.3, -0.25) is 4.79 Å². The van der Waals surface area contributed by atoms with Crippen LogP contribution in [0.15, 0.2) is 47.4 Å². The van der Waals surface area contributed by atoms with Gasteiger partial charge in [-0.1, -0.05) is 11.6 Å². The minimum Gasteiger partial charge on any atom is -0.373 e. The molecular formula is C23H27ClFN3O4S. The summed E-state index contributed by atoms with van der Waals surface area (Å²) in [6.07, 6.45) is -0.464. The Hall–Kier alpha value is -2.20. The van der Waals surface area contributed by atoms with Gasteiger partial charge >= 0.3 is 0 Å². The zero-order chi connectivity index (χ0) is 23.8. The predicted molar refractivity (Wildman–Crippen MR) is 125 cm³/mol. The monoisotopic (exact) mass is 495 g/mol. The Kier molecular flexibility index (Phi) is 6.95. The molecule has 0 N–H and O–H groups in total. The molecule has 7 nitrogen and oxygen atoms in total. The van der Waals surface area contributed by atoms with Crippen molar-refractivity contribution in [2.45, 2.75) is 31.0 Å². The van der Waals surface area contributed by atoms with Gasteiger partial charge in [0.2, 0.25) is 10.0 Å². The Bertz CT molecular complexity index is 1110. The third-order valence-corrected chi connectivity index (χ3v) is 8.25. The molecule has 2 fully saturated rings. The number of hydrogen-bond donors (Lipinski definition) is 0. The van der Waals surface area contributed by atoms with E-state index < -0.39 is 10.0 Å². The SMILES string of the molecule is C[C@@H]1CN(S(=O)(=O)c2cc(C(=O)N3CCN(c4ccc(F)cc4)CC3)ccc2Cl)C[C@@H](C)O1. The van der Waals surface area contributed by atoms with E-state index in [9.17, 15) is 17.6 Å². The number of anilines is 1. The number of carbonyl (C=O) groups is 1. The van der Waals surface area contributed by atoms with E-state index in [4.69, 9.17) is 16.3 Å². The third kappa shape index (κ3) is 5.16. The number of morpholine rings is 1. The lowest BCUT2D eigenvalue weighted by Crippen LogP contribution is -2.49. The predicted octanol–water partition coefficient (Wildman–Crippen LogP) is 3.24. The number of amides is 1. The lowest BCUT2D eigenvalue weighted by Gasteiger charge is -2.36. The summed E-state index contributed by atoms with van der Waals surface area (Å²) < 4.78 is 46.8. The number of sulfonamides is 1. The lowest BCUT2D eigenvalue weighted by molar-refractivity contribution is -0.0440. The maximum Gasteiger partial charge on any atom is 0.254 e. The van der Waals surface area contributed by atoms with Gasteiger partial charge in [-0.05, 0) is 56.3 Å². The van der Waals surface area contributed by atoms with Crippen molar-refractivity contribution in [1.29, 1.82) is 0 Å². The van der Waals surface area contributed by atoms with Crippen LogP contribution in [0.25, 0.3) is 0 Å². The Morgan fingerprint density at radius 1 is 1.00 bits per heavy atom. The normalized spacial score (nSPS) is 22.4. The van der Waals surface area contributed by atoms with Crippen LogP contribution in [0.2, 0.25) is 5.02 Å². The molecule has 0 spiro atoms. The fraction of sp³-hybridized carbons (Fsp3) is 0.435. The molecule has 10 heteroatoms. The van der Waals surface area contributed by atoms with Gasteiger partial charge in [0.05, 0.1) is 17.2 Å². The molecule has 2 saturated heterocycles. The van der Waals surface area contributed by atoms with Crippen molar-refractivity contribution in [2.24, 2.45) is 0 Å². The van der Waals surface area contributed by atoms with Gasteiger partial charge in [-0.15, -0.1) is 0 Å². The highest BCUT2D eigenvalue weighted by Gasteiger charge is 2.34. The summed E-state index contributed by atoms with van der Waals surface area (Å²) in [6.45, 7) is 6.24. The first-order valence-electron chi connectivity index (χ1n) is 10.9. The topological polar surface area (TPSA) is 70.2 Å². The van der Waals surface area contributed by atoms with Crippen LogP contribution < -0.4 is 4.90 Å². The first-order chi connectivity index (χ1) is 15.6. The van der Waals surface area contributed by atoms with Gasteiger partial charge in [0.25, 0.3) is 5.91 Å². The van der Waals surface area contributed by atoms with Gasteiger partial charge in [0.1, 0.15) is 10.7 Å². The van der Waals surface area contributed by atoms with Crippen LogP contribution in [0.1, 0.15) is 24.2 Å². The first-order valence-corrected chi connectivity index (χ1v) is 12.7. The van der Waals surface area contributed by atoms with Crippen LogP contribution in [-0.4, -0.2) is 75.0 Å². The maximum atomic E-state index is 13.3. The second kappa shape index (κ2) is 9.58. The molecule has 0 bridgehead atoms. The molecule has 2 heterocycles. The highest BCUT2D eigenvalue weighted by Crippen LogP contribution is 2.29. The van der Waals surface area contributed by atoms with Crippen LogP contribution in [0.3, 0.4) is 0 Å². The summed E-state index contributed by atoms with van der Waals surface area (Å²) in [6, 6.07) is 10.7. The highest BCUT2D eigenvalue weighted by molar-refractivity contribution is 7.89. The molecule has 4 rings (SSSR count). The van der Waals surface area contributed by atoms with Crippen molar-refractivity contribution in [1.82, 2.24) is 9.21 Å². The molecule has 2 aromatic carbocycles. The van der Waals surface area contributed by atoms with E-state index in [0.717, 1.165) is 5.69 Å². The van der Waals surface area contributed by atoms with Crippen molar-refractivity contribution < 1.29 is 22.3 Å². The van der Waals surface area contributed by atoms with E-state index >= 15 is 0 Å². The molecule has 1 amide bonds. The zero-order valence-corrected chi connectivity index (χ0v) is 20.2. The van der Waals surface area contributed by atoms with E-state index in [1.54, 1.807) is 23.1 Å². The average Bonchev–Trinajstić information content (AvgIpc) is 2.79. The van der Waals surface area contributed by atoms with Crippen LogP contribution >= 0.6 is 11.6 Å². The summed E-state index contributed by atoms with van der Waals surface area (Å²) >= 11 is 6.27. The number of halogens is 2. The average molecular weight is 496 g/mol. The van der Waals surface area contributed by atoms with E-state index in [0.29, 0.717) is 26.2 Å². The molecule has 0 radical (unpaired) electrons. The van der Waals surface area contributed by atoms with Gasteiger partial charge in [-0.2, -0.15) is 4.31 Å². The number of nitrogens with zero attached hydrogens (tertiary/aromatic N) is 3. The number of piperazine rings is 1. The van der Waals surface area contributed by atoms with Crippen LogP contribution in [0.5, 0.6) is 0 Å². The molecule has 0 saturated carbocycles. The molecule has 2 aromatic rings. The number of carbonyl (C=O) groups excluding carboxylic acids is 1. The highest BCUT2D eigenvalue weighted by atomic mass is 35.5. The third-order valence-electron chi connectivity index (χ3n) is 5.94. The fourth-order valence-electron chi connectivity index (χ4n) is 4.30. The lowest BCUT2D eigenvalue weighted by atomic mass is 10.1. The number of hydrogen-bond acceptors (Lipinski definition) is 5. The van der Waals surface area contributed by atoms with E-state index in [1.165, 1.54) is 28.6 Å². The maximum absolute atomic E-state index is 13.3. The molecule has 0 aliphatic carbocycles. The largest absolute Gasteiger partial charge is 0.373 e. The summed E-state index contributed by atoms with van der Waals surface area (Å²) in [4.78, 5) is 16.9. The van der Waals surface area contributed by atoms with Crippen molar-refractivity contribution in [3.05, 3.63) is 58.9 Å². The minimum absolute atomic E-state index is 0.0683. The Morgan fingerprint density at radius 3 is 2.21 bits per heavy atom. The molecule has 0 aromatic heterocycles. The molecule has 2 atom stereocenters. The van der Waals surface area contributed by atoms with Crippen molar-refractivity contribution >= 4 is 33.2 Å². The summed E-state index contributed by atoms with van der Waals surface area (Å²) in [5.41, 5.74) is 1.18. The quantitative estimate of drug-likeness (QED) is 0.651. The van der Waals surface area contributed by atoms with Crippen LogP contribution in [0, 0.1) is 5.82 Å². The molecule has 2 aliphatic rings. The molecule has 178 valence electrons. The Morgan fingerprint density at radius 2 is 1.61 bits per heavy atom. The van der Waals surface area contributed by atoms with Crippen molar-refractivity contribution in [2.75, 3.05) is 44.2 Å². The van der Waals surface area contributed by atoms with Crippen LogP contribution in [-0.2, 0) is 14.8 Å². The first kappa shape index (κ1) is 23.9. The van der Waals surface area contributed by atoms with E-state index in [2.05, 4.69) is 4.90 Å². The number of ether oxygens (including phenoxy) is 1. The molecule has 0 unspecified atom stereocenters. The van der Waals surface area contributed by atoms with Gasteiger partial charge in [0, 0.05) is 50.5 Å². The summed E-state index contributed by atoms with van der Waals surface area (Å²) in [5, 5.41) is 0.0828. The van der Waals surface area contributed by atoms with Crippen molar-refractivity contribution in [3.8, 4) is 0 Å². The zero-order valence-electron chi connectivity index (χ0n) is 18.6. The molecule has 33 heavy (non-hydrogen) atoms. The smallest absolute Gasteiger partial charge is 0.254 e. The fourth-order valence-corrected chi connectivity index (χ4v) is 6.39. The van der Waals surface area contributed by atoms with Gasteiger partial charge in [0.15, 0.2) is 0 Å². The number of rotatable bonds is 4. The Labute approximate surface area is 198 Å². The Balaban J connectivity index is 1.49. The minimum atomic E-state index is -3.88. The van der Waals surface area contributed by atoms with Gasteiger partial charge < -0.3 is 14.5 Å². The number of benzene rings is 2. The molecular weight excluding hydrogens is 469 g/mol. The van der Waals surface area contributed by atoms with E-state index in [1.807, 2.05) is 13.8 Å². The standard InChI is InChI=1S/C23H27ClFN3O4S/c1-16-14-28(15-17(2)32-16)33(30,31)22-13-18(3-8-21(22)24)23(29)27-11-9-26(10-12-27)20-6-4-19(25)5-7-20/h3-8,13,16-17H,9-12,14-15H2,1-2H3/t16-,17-/m1/s1. The van der Waals surface area contributed by atoms with Crippen LogP contribution in [0.4, 0.5) is 10.1 Å². The summed E-state index contributed by atoms with van der Waals surface area (Å²) in [5.74, 6) is -0.535. The van der Waals surface area contributed by atoms with Crippen molar-refractivity contribution in [3.63, 3.8) is 0 Å². The second-order valence-electron chi connectivity index (χ2n) is 8.48. The second-order valence-corrected chi connectivity index (χ2v) is 10.8.